The van der Waals surface area contributed by atoms with Crippen LogP contribution < -0.4 is 0 Å². The van der Waals surface area contributed by atoms with E-state index < -0.39 is 0 Å². The third-order valence-corrected chi connectivity index (χ3v) is 4.80. The summed E-state index contributed by atoms with van der Waals surface area (Å²) in [5, 5.41) is 0. The van der Waals surface area contributed by atoms with E-state index in [-0.39, 0.29) is 23.9 Å². The Morgan fingerprint density at radius 1 is 1.41 bits per heavy atom. The van der Waals surface area contributed by atoms with E-state index in [2.05, 4.69) is 11.8 Å². The molecular formula is C17H23FN2O2. The van der Waals surface area contributed by atoms with Crippen LogP contribution in [0.3, 0.4) is 0 Å². The standard InChI is InChI=1S/C17H23FN2O2/c1-3-19-8-9-22-16(11-19)17(21)20-7-6-13-10-14(18)4-5-15(13)12(20)2/h4-5,10,12,16H,3,6-9,11H2,1-2H3. The van der Waals surface area contributed by atoms with Crippen LogP contribution in [0.5, 0.6) is 0 Å². The van der Waals surface area contributed by atoms with Gasteiger partial charge in [0.15, 0.2) is 0 Å². The number of nitrogens with zero attached hydrogens (tertiary/aromatic N) is 2. The fraction of sp³-hybridized carbons (Fsp3) is 0.588. The van der Waals surface area contributed by atoms with Crippen molar-refractivity contribution in [3.8, 4) is 0 Å². The Morgan fingerprint density at radius 3 is 3.00 bits per heavy atom. The molecule has 1 fully saturated rings. The van der Waals surface area contributed by atoms with Crippen molar-refractivity contribution in [3.05, 3.63) is 35.1 Å². The van der Waals surface area contributed by atoms with Crippen molar-refractivity contribution >= 4 is 5.91 Å². The first-order valence-corrected chi connectivity index (χ1v) is 8.03. The van der Waals surface area contributed by atoms with Gasteiger partial charge >= 0.3 is 0 Å². The van der Waals surface area contributed by atoms with Crippen LogP contribution in [0.2, 0.25) is 0 Å². The number of hydrogen-bond acceptors (Lipinski definition) is 3. The molecule has 1 amide bonds. The van der Waals surface area contributed by atoms with Gasteiger partial charge in [-0.3, -0.25) is 9.69 Å². The molecule has 2 unspecified atom stereocenters. The first-order chi connectivity index (χ1) is 10.6. The van der Waals surface area contributed by atoms with Gasteiger partial charge in [0.05, 0.1) is 12.6 Å². The molecule has 4 nitrogen and oxygen atoms in total. The van der Waals surface area contributed by atoms with Gasteiger partial charge in [-0.1, -0.05) is 13.0 Å². The van der Waals surface area contributed by atoms with Crippen LogP contribution in [-0.4, -0.2) is 54.6 Å². The second kappa shape index (κ2) is 6.34. The molecule has 1 saturated heterocycles. The Kier molecular flexibility index (Phi) is 4.45. The van der Waals surface area contributed by atoms with Gasteiger partial charge in [0.2, 0.25) is 0 Å². The van der Waals surface area contributed by atoms with E-state index in [0.717, 1.165) is 24.2 Å². The molecular weight excluding hydrogens is 283 g/mol. The normalized spacial score (nSPS) is 25.9. The lowest BCUT2D eigenvalue weighted by Crippen LogP contribution is -2.52. The summed E-state index contributed by atoms with van der Waals surface area (Å²) in [5.74, 6) is -0.152. The van der Waals surface area contributed by atoms with Gasteiger partial charge in [-0.25, -0.2) is 4.39 Å². The van der Waals surface area contributed by atoms with Crippen LogP contribution in [-0.2, 0) is 16.0 Å². The van der Waals surface area contributed by atoms with Crippen molar-refractivity contribution in [2.24, 2.45) is 0 Å². The minimum atomic E-state index is -0.377. The van der Waals surface area contributed by atoms with E-state index in [4.69, 9.17) is 4.74 Å². The fourth-order valence-electron chi connectivity index (χ4n) is 3.43. The number of amides is 1. The Hall–Kier alpha value is -1.46. The molecule has 22 heavy (non-hydrogen) atoms. The summed E-state index contributed by atoms with van der Waals surface area (Å²) in [6.45, 7) is 7.82. The van der Waals surface area contributed by atoms with Crippen molar-refractivity contribution in [3.63, 3.8) is 0 Å². The molecule has 1 aromatic carbocycles. The van der Waals surface area contributed by atoms with Gasteiger partial charge < -0.3 is 9.64 Å². The maximum atomic E-state index is 13.3. The van der Waals surface area contributed by atoms with Crippen molar-refractivity contribution in [2.75, 3.05) is 32.8 Å². The zero-order valence-corrected chi connectivity index (χ0v) is 13.2. The van der Waals surface area contributed by atoms with E-state index in [9.17, 15) is 9.18 Å². The third kappa shape index (κ3) is 2.88. The van der Waals surface area contributed by atoms with Crippen molar-refractivity contribution < 1.29 is 13.9 Å². The molecule has 5 heteroatoms. The lowest BCUT2D eigenvalue weighted by Gasteiger charge is -2.39. The molecule has 1 aromatic rings. The van der Waals surface area contributed by atoms with Crippen molar-refractivity contribution in [2.45, 2.75) is 32.4 Å². The monoisotopic (exact) mass is 306 g/mol. The number of carbonyl (C=O) groups excluding carboxylic acids is 1. The molecule has 0 radical (unpaired) electrons. The van der Waals surface area contributed by atoms with Crippen molar-refractivity contribution in [1.82, 2.24) is 9.80 Å². The highest BCUT2D eigenvalue weighted by molar-refractivity contribution is 5.82. The average molecular weight is 306 g/mol. The summed E-state index contributed by atoms with van der Waals surface area (Å²) in [7, 11) is 0. The molecule has 0 saturated carbocycles. The zero-order chi connectivity index (χ0) is 15.7. The largest absolute Gasteiger partial charge is 0.366 e. The van der Waals surface area contributed by atoms with E-state index >= 15 is 0 Å². The van der Waals surface area contributed by atoms with E-state index in [1.807, 2.05) is 11.8 Å². The molecule has 120 valence electrons. The predicted octanol–water partition coefficient (Wildman–Crippen LogP) is 1.99. The van der Waals surface area contributed by atoms with E-state index in [1.54, 1.807) is 12.1 Å². The molecule has 0 aliphatic carbocycles. The number of fused-ring (bicyclic) bond motifs is 1. The summed E-state index contributed by atoms with van der Waals surface area (Å²) in [6.07, 6.45) is 0.325. The van der Waals surface area contributed by atoms with Crippen molar-refractivity contribution in [1.29, 1.82) is 0 Å². The molecule has 2 atom stereocenters. The van der Waals surface area contributed by atoms with Crippen LogP contribution in [0.15, 0.2) is 18.2 Å². The number of carbonyl (C=O) groups is 1. The number of halogens is 1. The Labute approximate surface area is 130 Å². The second-order valence-electron chi connectivity index (χ2n) is 6.05. The highest BCUT2D eigenvalue weighted by Gasteiger charge is 2.34. The summed E-state index contributed by atoms with van der Waals surface area (Å²) in [5.41, 5.74) is 2.06. The molecule has 3 rings (SSSR count). The number of rotatable bonds is 2. The Balaban J connectivity index is 1.75. The summed E-state index contributed by atoms with van der Waals surface area (Å²) in [4.78, 5) is 16.9. The topological polar surface area (TPSA) is 32.8 Å². The van der Waals surface area contributed by atoms with Gasteiger partial charge in [0.1, 0.15) is 11.9 Å². The molecule has 0 bridgehead atoms. The molecule has 0 spiro atoms. The highest BCUT2D eigenvalue weighted by atomic mass is 19.1. The third-order valence-electron chi connectivity index (χ3n) is 4.80. The van der Waals surface area contributed by atoms with Crippen LogP contribution in [0.4, 0.5) is 4.39 Å². The molecule has 2 aliphatic heterocycles. The van der Waals surface area contributed by atoms with Gasteiger partial charge in [0.25, 0.3) is 5.91 Å². The fourth-order valence-corrected chi connectivity index (χ4v) is 3.43. The Morgan fingerprint density at radius 2 is 2.23 bits per heavy atom. The summed E-state index contributed by atoms with van der Waals surface area (Å²) >= 11 is 0. The first-order valence-electron chi connectivity index (χ1n) is 8.03. The van der Waals surface area contributed by atoms with E-state index in [0.29, 0.717) is 26.1 Å². The molecule has 0 N–H and O–H groups in total. The summed E-state index contributed by atoms with van der Waals surface area (Å²) in [6, 6.07) is 4.83. The van der Waals surface area contributed by atoms with Crippen LogP contribution >= 0.6 is 0 Å². The minimum absolute atomic E-state index is 0.0301. The second-order valence-corrected chi connectivity index (χ2v) is 6.05. The van der Waals surface area contributed by atoms with Gasteiger partial charge in [-0.2, -0.15) is 0 Å². The first kappa shape index (κ1) is 15.4. The maximum Gasteiger partial charge on any atom is 0.253 e. The maximum absolute atomic E-state index is 13.3. The van der Waals surface area contributed by atoms with Crippen LogP contribution in [0, 0.1) is 5.82 Å². The molecule has 2 aliphatic rings. The van der Waals surface area contributed by atoms with Gasteiger partial charge in [0, 0.05) is 19.6 Å². The number of ether oxygens (including phenoxy) is 1. The van der Waals surface area contributed by atoms with Gasteiger partial charge in [-0.05, 0) is 43.1 Å². The molecule has 2 heterocycles. The zero-order valence-electron chi connectivity index (χ0n) is 13.2. The smallest absolute Gasteiger partial charge is 0.253 e. The van der Waals surface area contributed by atoms with Gasteiger partial charge in [-0.15, -0.1) is 0 Å². The van der Waals surface area contributed by atoms with Crippen LogP contribution in [0.25, 0.3) is 0 Å². The lowest BCUT2D eigenvalue weighted by molar-refractivity contribution is -0.152. The lowest BCUT2D eigenvalue weighted by atomic mass is 9.93. The minimum Gasteiger partial charge on any atom is -0.366 e. The number of hydrogen-bond donors (Lipinski definition) is 0. The number of benzene rings is 1. The Bertz CT molecular complexity index is 564. The quantitative estimate of drug-likeness (QED) is 0.838. The number of likely N-dealkylation sites (N-methyl/N-ethyl adjacent to an activating group) is 1. The highest BCUT2D eigenvalue weighted by Crippen LogP contribution is 2.30. The number of morpholine rings is 1. The van der Waals surface area contributed by atoms with Crippen LogP contribution in [0.1, 0.15) is 31.0 Å². The summed E-state index contributed by atoms with van der Waals surface area (Å²) < 4.78 is 19.0. The SMILES string of the molecule is CCN1CCOC(C(=O)N2CCc3cc(F)ccc3C2C)C1. The predicted molar refractivity (Wildman–Crippen MR) is 82.1 cm³/mol. The van der Waals surface area contributed by atoms with E-state index in [1.165, 1.54) is 6.07 Å². The average Bonchev–Trinajstić information content (AvgIpc) is 2.54. The molecule has 0 aromatic heterocycles.